The Labute approximate surface area is 138 Å². The topological polar surface area (TPSA) is 39.1 Å². The van der Waals surface area contributed by atoms with E-state index in [1.807, 2.05) is 36.9 Å². The third-order valence-corrected chi connectivity index (χ3v) is 4.48. The summed E-state index contributed by atoms with van der Waals surface area (Å²) in [7, 11) is 1.91. The lowest BCUT2D eigenvalue weighted by Gasteiger charge is -2.13. The summed E-state index contributed by atoms with van der Waals surface area (Å²) in [5, 5.41) is 8.37. The van der Waals surface area contributed by atoms with Crippen molar-refractivity contribution in [1.82, 2.24) is 15.1 Å². The minimum absolute atomic E-state index is 0.457. The molecular weight excluding hydrogens is 354 g/mol. The average Bonchev–Trinajstić information content (AvgIpc) is 2.69. The number of aromatic nitrogens is 2. The maximum atomic E-state index is 6.06. The van der Waals surface area contributed by atoms with Gasteiger partial charge in [0.2, 0.25) is 0 Å². The molecule has 0 fully saturated rings. The van der Waals surface area contributed by atoms with Gasteiger partial charge >= 0.3 is 0 Å². The van der Waals surface area contributed by atoms with Crippen molar-refractivity contribution in [2.45, 2.75) is 27.0 Å². The van der Waals surface area contributed by atoms with Gasteiger partial charge in [-0.3, -0.25) is 4.68 Å². The van der Waals surface area contributed by atoms with E-state index in [-0.39, 0.29) is 0 Å². The van der Waals surface area contributed by atoms with Gasteiger partial charge in [0.15, 0.2) is 0 Å². The Morgan fingerprint density at radius 2 is 2.19 bits per heavy atom. The van der Waals surface area contributed by atoms with Gasteiger partial charge in [0.1, 0.15) is 12.4 Å². The Morgan fingerprint density at radius 1 is 1.43 bits per heavy atom. The largest absolute Gasteiger partial charge is 0.487 e. The lowest BCUT2D eigenvalue weighted by molar-refractivity contribution is 0.290. The fraction of sp³-hybridized carbons (Fsp3) is 0.400. The Balaban J connectivity index is 2.15. The van der Waals surface area contributed by atoms with Crippen LogP contribution in [0.1, 0.15) is 23.9 Å². The van der Waals surface area contributed by atoms with Crippen molar-refractivity contribution in [3.05, 3.63) is 44.6 Å². The van der Waals surface area contributed by atoms with Crippen LogP contribution in [0.5, 0.6) is 5.75 Å². The van der Waals surface area contributed by atoms with Crippen molar-refractivity contribution in [3.8, 4) is 5.75 Å². The number of nitrogens with zero attached hydrogens (tertiary/aromatic N) is 2. The van der Waals surface area contributed by atoms with Crippen LogP contribution < -0.4 is 10.1 Å². The molecule has 2 rings (SSSR count). The van der Waals surface area contributed by atoms with Crippen LogP contribution in [0.15, 0.2) is 22.7 Å². The van der Waals surface area contributed by atoms with E-state index in [1.54, 1.807) is 0 Å². The molecular formula is C15H19BrClN3O. The van der Waals surface area contributed by atoms with Crippen LogP contribution >= 0.6 is 27.5 Å². The molecule has 1 aromatic heterocycles. The van der Waals surface area contributed by atoms with Crippen LogP contribution in [0.25, 0.3) is 0 Å². The van der Waals surface area contributed by atoms with Crippen LogP contribution in [0.3, 0.4) is 0 Å². The molecule has 0 aliphatic carbocycles. The SMILES string of the molecule is CCNCc1cc(Cl)ccc1OCc1c(Br)c(C)nn1C. The van der Waals surface area contributed by atoms with Crippen molar-refractivity contribution in [2.24, 2.45) is 7.05 Å². The molecule has 0 radical (unpaired) electrons. The summed E-state index contributed by atoms with van der Waals surface area (Å²) in [5.41, 5.74) is 3.02. The fourth-order valence-corrected chi connectivity index (χ4v) is 2.71. The molecule has 21 heavy (non-hydrogen) atoms. The molecule has 1 heterocycles. The average molecular weight is 373 g/mol. The molecule has 0 unspecified atom stereocenters. The maximum Gasteiger partial charge on any atom is 0.131 e. The van der Waals surface area contributed by atoms with Crippen LogP contribution in [0, 0.1) is 6.92 Å². The maximum absolute atomic E-state index is 6.06. The Morgan fingerprint density at radius 3 is 2.81 bits per heavy atom. The first-order valence-corrected chi connectivity index (χ1v) is 8.00. The van der Waals surface area contributed by atoms with Gasteiger partial charge in [-0.15, -0.1) is 0 Å². The quantitative estimate of drug-likeness (QED) is 0.837. The summed E-state index contributed by atoms with van der Waals surface area (Å²) in [5.74, 6) is 0.839. The highest BCUT2D eigenvalue weighted by Gasteiger charge is 2.12. The summed E-state index contributed by atoms with van der Waals surface area (Å²) in [6.45, 7) is 6.13. The summed E-state index contributed by atoms with van der Waals surface area (Å²) in [4.78, 5) is 0. The van der Waals surface area contributed by atoms with Gasteiger partial charge in [-0.1, -0.05) is 18.5 Å². The third kappa shape index (κ3) is 3.99. The first kappa shape index (κ1) is 16.3. The molecule has 2 aromatic rings. The molecule has 6 heteroatoms. The van der Waals surface area contributed by atoms with Crippen molar-refractivity contribution in [3.63, 3.8) is 0 Å². The zero-order valence-corrected chi connectivity index (χ0v) is 14.8. The molecule has 1 N–H and O–H groups in total. The minimum atomic E-state index is 0.457. The normalized spacial score (nSPS) is 10.9. The molecule has 1 aromatic carbocycles. The molecule has 0 amide bonds. The second-order valence-electron chi connectivity index (χ2n) is 4.79. The van der Waals surface area contributed by atoms with Gasteiger partial charge < -0.3 is 10.1 Å². The number of halogens is 2. The first-order chi connectivity index (χ1) is 10.0. The molecule has 0 spiro atoms. The Hall–Kier alpha value is -1.04. The van der Waals surface area contributed by atoms with E-state index in [1.165, 1.54) is 0 Å². The number of hydrogen-bond acceptors (Lipinski definition) is 3. The van der Waals surface area contributed by atoms with Gasteiger partial charge in [0.05, 0.1) is 15.9 Å². The predicted molar refractivity (Wildman–Crippen MR) is 88.8 cm³/mol. The number of ether oxygens (including phenoxy) is 1. The van der Waals surface area contributed by atoms with Crippen molar-refractivity contribution >= 4 is 27.5 Å². The Bertz CT molecular complexity index is 628. The second kappa shape index (κ2) is 7.29. The second-order valence-corrected chi connectivity index (χ2v) is 6.02. The van der Waals surface area contributed by atoms with Gasteiger partial charge in [0, 0.05) is 24.2 Å². The third-order valence-electron chi connectivity index (χ3n) is 3.21. The molecule has 0 saturated carbocycles. The van der Waals surface area contributed by atoms with Crippen LogP contribution in [-0.4, -0.2) is 16.3 Å². The van der Waals surface area contributed by atoms with Crippen molar-refractivity contribution in [2.75, 3.05) is 6.54 Å². The van der Waals surface area contributed by atoms with Crippen LogP contribution in [0.2, 0.25) is 5.02 Å². The summed E-state index contributed by atoms with van der Waals surface area (Å²) < 4.78 is 8.79. The molecule has 4 nitrogen and oxygen atoms in total. The van der Waals surface area contributed by atoms with E-state index in [4.69, 9.17) is 16.3 Å². The van der Waals surface area contributed by atoms with E-state index in [0.717, 1.165) is 40.3 Å². The lowest BCUT2D eigenvalue weighted by atomic mass is 10.2. The van der Waals surface area contributed by atoms with Gasteiger partial charge in [-0.05, 0) is 47.6 Å². The highest BCUT2D eigenvalue weighted by molar-refractivity contribution is 9.10. The summed E-state index contributed by atoms with van der Waals surface area (Å²) in [6.07, 6.45) is 0. The number of aryl methyl sites for hydroxylation is 2. The zero-order chi connectivity index (χ0) is 15.4. The summed E-state index contributed by atoms with van der Waals surface area (Å²) in [6, 6.07) is 5.69. The number of nitrogens with one attached hydrogen (secondary N) is 1. The smallest absolute Gasteiger partial charge is 0.131 e. The standard InChI is InChI=1S/C15H19BrClN3O/c1-4-18-8-11-7-12(17)5-6-14(11)21-9-13-15(16)10(2)19-20(13)3/h5-7,18H,4,8-9H2,1-3H3. The molecule has 0 atom stereocenters. The van der Waals surface area contributed by atoms with E-state index in [0.29, 0.717) is 11.6 Å². The highest BCUT2D eigenvalue weighted by Crippen LogP contribution is 2.26. The van der Waals surface area contributed by atoms with E-state index in [2.05, 4.69) is 33.3 Å². The van der Waals surface area contributed by atoms with Crippen LogP contribution in [0.4, 0.5) is 0 Å². The monoisotopic (exact) mass is 371 g/mol. The van der Waals surface area contributed by atoms with Gasteiger partial charge in [-0.2, -0.15) is 5.10 Å². The summed E-state index contributed by atoms with van der Waals surface area (Å²) >= 11 is 9.61. The molecule has 0 aliphatic heterocycles. The molecule has 0 saturated heterocycles. The minimum Gasteiger partial charge on any atom is -0.487 e. The Kier molecular flexibility index (Phi) is 5.67. The van der Waals surface area contributed by atoms with Crippen molar-refractivity contribution < 1.29 is 4.74 Å². The van der Waals surface area contributed by atoms with E-state index in [9.17, 15) is 0 Å². The van der Waals surface area contributed by atoms with Crippen molar-refractivity contribution in [1.29, 1.82) is 0 Å². The predicted octanol–water partition coefficient (Wildman–Crippen LogP) is 3.83. The number of hydrogen-bond donors (Lipinski definition) is 1. The fourth-order valence-electron chi connectivity index (χ4n) is 2.07. The molecule has 0 bridgehead atoms. The van der Waals surface area contributed by atoms with Crippen LogP contribution in [-0.2, 0) is 20.2 Å². The van der Waals surface area contributed by atoms with E-state index >= 15 is 0 Å². The molecule has 0 aliphatic rings. The lowest BCUT2D eigenvalue weighted by Crippen LogP contribution is -2.13. The molecule has 114 valence electrons. The van der Waals surface area contributed by atoms with Gasteiger partial charge in [0.25, 0.3) is 0 Å². The first-order valence-electron chi connectivity index (χ1n) is 6.82. The zero-order valence-electron chi connectivity index (χ0n) is 12.4. The highest BCUT2D eigenvalue weighted by atomic mass is 79.9. The van der Waals surface area contributed by atoms with E-state index < -0.39 is 0 Å². The van der Waals surface area contributed by atoms with Gasteiger partial charge in [-0.25, -0.2) is 0 Å². The number of rotatable bonds is 6. The number of benzene rings is 1.